The fourth-order valence-electron chi connectivity index (χ4n) is 4.40. The Balaban J connectivity index is 1.96. The lowest BCUT2D eigenvalue weighted by Gasteiger charge is -2.38. The molecule has 3 N–H and O–H groups in total. The maximum Gasteiger partial charge on any atom is 0.119 e. The van der Waals surface area contributed by atoms with Gasteiger partial charge in [0.15, 0.2) is 0 Å². The molecule has 2 aliphatic carbocycles. The van der Waals surface area contributed by atoms with Crippen molar-refractivity contribution in [3.8, 4) is 5.75 Å². The Kier molecular flexibility index (Phi) is 3.16. The van der Waals surface area contributed by atoms with Gasteiger partial charge in [0.05, 0.1) is 13.2 Å². The quantitative estimate of drug-likeness (QED) is 0.847. The van der Waals surface area contributed by atoms with E-state index in [-0.39, 0.29) is 17.6 Å². The molecule has 3 nitrogen and oxygen atoms in total. The Morgan fingerprint density at radius 2 is 2.14 bits per heavy atom. The third-order valence-electron chi connectivity index (χ3n) is 5.47. The number of rotatable bonds is 1. The minimum absolute atomic E-state index is 0.194. The van der Waals surface area contributed by atoms with Gasteiger partial charge in [0, 0.05) is 21.9 Å². The summed E-state index contributed by atoms with van der Waals surface area (Å²) in [5.41, 5.74) is 8.84. The number of aliphatic hydroxyl groups is 1. The fraction of sp³-hybridized carbons (Fsp3) is 0.444. The summed E-state index contributed by atoms with van der Waals surface area (Å²) in [6.07, 6.45) is 2.95. The smallest absolute Gasteiger partial charge is 0.119 e. The van der Waals surface area contributed by atoms with E-state index < -0.39 is 0 Å². The molecule has 0 heterocycles. The highest BCUT2D eigenvalue weighted by molar-refractivity contribution is 6.35. The van der Waals surface area contributed by atoms with Crippen molar-refractivity contribution in [1.29, 1.82) is 0 Å². The van der Waals surface area contributed by atoms with Crippen molar-refractivity contribution in [2.75, 3.05) is 7.11 Å². The number of hydrogen-bond acceptors (Lipinski definition) is 3. The zero-order valence-corrected chi connectivity index (χ0v) is 13.4. The van der Waals surface area contributed by atoms with Crippen LogP contribution in [0.3, 0.4) is 0 Å². The molecule has 0 aliphatic heterocycles. The Hall–Kier alpha value is -1.29. The SMILES string of the molecule is COc1ccc2c(Cl)cc3c(c2c1)CC[C@@]1(N)C[C@@H](O)C[C@H]31. The van der Waals surface area contributed by atoms with Gasteiger partial charge in [-0.05, 0) is 66.5 Å². The minimum Gasteiger partial charge on any atom is -0.497 e. The van der Waals surface area contributed by atoms with Gasteiger partial charge in [-0.15, -0.1) is 0 Å². The van der Waals surface area contributed by atoms with Gasteiger partial charge < -0.3 is 15.6 Å². The second-order valence-electron chi connectivity index (χ2n) is 6.72. The van der Waals surface area contributed by atoms with Crippen molar-refractivity contribution in [2.45, 2.75) is 43.2 Å². The van der Waals surface area contributed by atoms with Gasteiger partial charge in [0.25, 0.3) is 0 Å². The van der Waals surface area contributed by atoms with Crippen LogP contribution in [0, 0.1) is 0 Å². The second kappa shape index (κ2) is 4.85. The van der Waals surface area contributed by atoms with Gasteiger partial charge in [-0.25, -0.2) is 0 Å². The van der Waals surface area contributed by atoms with E-state index in [9.17, 15) is 5.11 Å². The summed E-state index contributed by atoms with van der Waals surface area (Å²) in [4.78, 5) is 0. The van der Waals surface area contributed by atoms with E-state index in [1.807, 2.05) is 12.1 Å². The molecule has 0 amide bonds. The topological polar surface area (TPSA) is 55.5 Å². The van der Waals surface area contributed by atoms with Gasteiger partial charge in [-0.1, -0.05) is 11.6 Å². The van der Waals surface area contributed by atoms with Crippen LogP contribution >= 0.6 is 11.6 Å². The summed E-state index contributed by atoms with van der Waals surface area (Å²) >= 11 is 6.52. The lowest BCUT2D eigenvalue weighted by Crippen LogP contribution is -2.45. The van der Waals surface area contributed by atoms with Gasteiger partial charge >= 0.3 is 0 Å². The largest absolute Gasteiger partial charge is 0.497 e. The summed E-state index contributed by atoms with van der Waals surface area (Å²) in [6, 6.07) is 8.09. The Labute approximate surface area is 135 Å². The normalized spacial score (nSPS) is 30.2. The van der Waals surface area contributed by atoms with Crippen LogP contribution in [0.4, 0.5) is 0 Å². The maximum atomic E-state index is 10.1. The first-order valence-electron chi connectivity index (χ1n) is 7.78. The molecule has 4 rings (SSSR count). The zero-order valence-electron chi connectivity index (χ0n) is 12.6. The number of aliphatic hydroxyl groups excluding tert-OH is 1. The molecule has 0 bridgehead atoms. The van der Waals surface area contributed by atoms with Gasteiger partial charge in [0.2, 0.25) is 0 Å². The van der Waals surface area contributed by atoms with Crippen molar-refractivity contribution in [3.05, 3.63) is 40.4 Å². The molecule has 2 aliphatic rings. The average Bonchev–Trinajstić information content (AvgIpc) is 2.81. The molecule has 0 radical (unpaired) electrons. The highest BCUT2D eigenvalue weighted by Gasteiger charge is 2.47. The zero-order chi connectivity index (χ0) is 15.5. The van der Waals surface area contributed by atoms with Crippen LogP contribution in [0.15, 0.2) is 24.3 Å². The van der Waals surface area contributed by atoms with Gasteiger partial charge in [-0.3, -0.25) is 0 Å². The number of hydrogen-bond donors (Lipinski definition) is 2. The highest BCUT2D eigenvalue weighted by Crippen LogP contribution is 2.50. The fourth-order valence-corrected chi connectivity index (χ4v) is 4.68. The maximum absolute atomic E-state index is 10.1. The van der Waals surface area contributed by atoms with Crippen molar-refractivity contribution in [1.82, 2.24) is 0 Å². The van der Waals surface area contributed by atoms with Crippen LogP contribution in [0.25, 0.3) is 10.8 Å². The lowest BCUT2D eigenvalue weighted by molar-refractivity contribution is 0.173. The third-order valence-corrected chi connectivity index (χ3v) is 5.79. The van der Waals surface area contributed by atoms with E-state index in [0.717, 1.165) is 40.8 Å². The molecule has 0 aromatic heterocycles. The molecule has 0 saturated heterocycles. The van der Waals surface area contributed by atoms with Crippen molar-refractivity contribution < 1.29 is 9.84 Å². The van der Waals surface area contributed by atoms with Crippen LogP contribution in [-0.4, -0.2) is 23.9 Å². The molecular formula is C18H20ClNO2. The summed E-state index contributed by atoms with van der Waals surface area (Å²) in [5.74, 6) is 1.03. The number of benzene rings is 2. The standard InChI is InChI=1S/C18H20ClNO2/c1-22-11-2-3-13-14(7-11)12-4-5-18(20)9-10(21)6-16(18)15(12)8-17(13)19/h2-3,7-8,10,16,21H,4-6,9,20H2,1H3/t10-,16+,18+/m0/s1. The number of aryl methyl sites for hydroxylation is 1. The highest BCUT2D eigenvalue weighted by atomic mass is 35.5. The Bertz CT molecular complexity index is 760. The molecule has 22 heavy (non-hydrogen) atoms. The first-order valence-corrected chi connectivity index (χ1v) is 8.15. The summed E-state index contributed by atoms with van der Waals surface area (Å²) in [7, 11) is 1.68. The van der Waals surface area contributed by atoms with Crippen molar-refractivity contribution in [3.63, 3.8) is 0 Å². The average molecular weight is 318 g/mol. The molecule has 1 saturated carbocycles. The summed E-state index contributed by atoms with van der Waals surface area (Å²) in [5, 5.41) is 13.1. The lowest BCUT2D eigenvalue weighted by atomic mass is 9.71. The number of halogens is 1. The molecule has 2 aromatic carbocycles. The minimum atomic E-state index is -0.305. The van der Waals surface area contributed by atoms with E-state index in [0.29, 0.717) is 6.42 Å². The Morgan fingerprint density at radius 3 is 2.91 bits per heavy atom. The first-order chi connectivity index (χ1) is 10.5. The van der Waals surface area contributed by atoms with Crippen molar-refractivity contribution >= 4 is 22.4 Å². The van der Waals surface area contributed by atoms with Crippen LogP contribution in [-0.2, 0) is 6.42 Å². The predicted octanol–water partition coefficient (Wildman–Crippen LogP) is 3.38. The molecular weight excluding hydrogens is 298 g/mol. The molecule has 1 fully saturated rings. The second-order valence-corrected chi connectivity index (χ2v) is 7.12. The van der Waals surface area contributed by atoms with E-state index in [1.54, 1.807) is 7.11 Å². The number of nitrogens with two attached hydrogens (primary N) is 1. The third kappa shape index (κ3) is 1.96. The van der Waals surface area contributed by atoms with Gasteiger partial charge in [0.1, 0.15) is 5.75 Å². The first kappa shape index (κ1) is 14.3. The van der Waals surface area contributed by atoms with Crippen LogP contribution in [0.2, 0.25) is 5.02 Å². The summed E-state index contributed by atoms with van der Waals surface area (Å²) < 4.78 is 5.37. The van der Waals surface area contributed by atoms with E-state index in [1.165, 1.54) is 11.1 Å². The van der Waals surface area contributed by atoms with E-state index in [4.69, 9.17) is 22.1 Å². The Morgan fingerprint density at radius 1 is 1.32 bits per heavy atom. The number of ether oxygens (including phenoxy) is 1. The molecule has 2 aromatic rings. The van der Waals surface area contributed by atoms with Crippen molar-refractivity contribution in [2.24, 2.45) is 5.73 Å². The summed E-state index contributed by atoms with van der Waals surface area (Å²) in [6.45, 7) is 0. The van der Waals surface area contributed by atoms with E-state index >= 15 is 0 Å². The van der Waals surface area contributed by atoms with Crippen LogP contribution in [0.1, 0.15) is 36.3 Å². The molecule has 3 atom stereocenters. The molecule has 0 spiro atoms. The predicted molar refractivity (Wildman–Crippen MR) is 88.7 cm³/mol. The molecule has 4 heteroatoms. The number of methoxy groups -OCH3 is 1. The van der Waals surface area contributed by atoms with Crippen LogP contribution in [0.5, 0.6) is 5.75 Å². The number of fused-ring (bicyclic) bond motifs is 5. The van der Waals surface area contributed by atoms with Gasteiger partial charge in [-0.2, -0.15) is 0 Å². The van der Waals surface area contributed by atoms with Crippen LogP contribution < -0.4 is 10.5 Å². The molecule has 116 valence electrons. The molecule has 0 unspecified atom stereocenters. The van der Waals surface area contributed by atoms with E-state index in [2.05, 4.69) is 12.1 Å². The monoisotopic (exact) mass is 317 g/mol.